The molecule has 18 heavy (non-hydrogen) atoms. The molecule has 98 valence electrons. The molecule has 0 spiro atoms. The predicted molar refractivity (Wildman–Crippen MR) is 70.7 cm³/mol. The molecule has 1 aromatic rings. The van der Waals surface area contributed by atoms with E-state index in [1.54, 1.807) is 0 Å². The smallest absolute Gasteiger partial charge is 0.124 e. The zero-order chi connectivity index (χ0) is 12.4. The average molecular weight is 247 g/mol. The number of para-hydroxylation sites is 1. The van der Waals surface area contributed by atoms with Gasteiger partial charge in [0, 0.05) is 24.1 Å². The van der Waals surface area contributed by atoms with E-state index in [1.807, 2.05) is 12.1 Å². The van der Waals surface area contributed by atoms with Crippen LogP contribution >= 0.6 is 0 Å². The van der Waals surface area contributed by atoms with Crippen LogP contribution in [-0.2, 0) is 0 Å². The van der Waals surface area contributed by atoms with Gasteiger partial charge in [0.15, 0.2) is 0 Å². The van der Waals surface area contributed by atoms with Gasteiger partial charge in [0.05, 0.1) is 12.7 Å². The van der Waals surface area contributed by atoms with Crippen molar-refractivity contribution < 1.29 is 9.84 Å². The number of ether oxygens (including phenoxy) is 1. The predicted octanol–water partition coefficient (Wildman–Crippen LogP) is 2.40. The highest BCUT2D eigenvalue weighted by Gasteiger charge is 2.26. The second kappa shape index (κ2) is 5.29. The first-order chi connectivity index (χ1) is 8.83. The van der Waals surface area contributed by atoms with E-state index in [9.17, 15) is 5.11 Å². The Balaban J connectivity index is 1.70. The summed E-state index contributed by atoms with van der Waals surface area (Å²) in [5.74, 6) is 1.01. The van der Waals surface area contributed by atoms with Crippen LogP contribution in [0.4, 0.5) is 0 Å². The molecule has 3 nitrogen and oxygen atoms in total. The summed E-state index contributed by atoms with van der Waals surface area (Å²) < 4.78 is 5.67. The van der Waals surface area contributed by atoms with E-state index >= 15 is 0 Å². The lowest BCUT2D eigenvalue weighted by atomic mass is 9.91. The number of aliphatic hydroxyl groups is 1. The highest BCUT2D eigenvalue weighted by Crippen LogP contribution is 2.33. The van der Waals surface area contributed by atoms with Crippen LogP contribution in [0.3, 0.4) is 0 Å². The zero-order valence-corrected chi connectivity index (χ0v) is 10.6. The van der Waals surface area contributed by atoms with Crippen LogP contribution in [0, 0.1) is 0 Å². The van der Waals surface area contributed by atoms with E-state index in [2.05, 4.69) is 17.4 Å². The second-order valence-corrected chi connectivity index (χ2v) is 5.41. The van der Waals surface area contributed by atoms with Gasteiger partial charge in [0.2, 0.25) is 0 Å². The Labute approximate surface area is 108 Å². The van der Waals surface area contributed by atoms with Gasteiger partial charge in [-0.15, -0.1) is 0 Å². The molecule has 1 saturated carbocycles. The first-order valence-corrected chi connectivity index (χ1v) is 6.99. The summed E-state index contributed by atoms with van der Waals surface area (Å²) in [6, 6.07) is 9.10. The Morgan fingerprint density at radius 2 is 2.06 bits per heavy atom. The summed E-state index contributed by atoms with van der Waals surface area (Å²) in [4.78, 5) is 0. The quantitative estimate of drug-likeness (QED) is 0.843. The molecule has 3 unspecified atom stereocenters. The molecule has 0 saturated heterocycles. The van der Waals surface area contributed by atoms with Crippen LogP contribution in [-0.4, -0.2) is 23.9 Å². The summed E-state index contributed by atoms with van der Waals surface area (Å²) in [5.41, 5.74) is 1.27. The van der Waals surface area contributed by atoms with Crippen molar-refractivity contribution in [3.05, 3.63) is 29.8 Å². The highest BCUT2D eigenvalue weighted by atomic mass is 16.5. The van der Waals surface area contributed by atoms with Crippen LogP contribution < -0.4 is 10.1 Å². The van der Waals surface area contributed by atoms with Crippen molar-refractivity contribution in [2.24, 2.45) is 0 Å². The van der Waals surface area contributed by atoms with Crippen molar-refractivity contribution in [2.45, 2.75) is 50.3 Å². The number of benzene rings is 1. The Bertz CT molecular complexity index is 407. The molecular weight excluding hydrogens is 226 g/mol. The fourth-order valence-electron chi connectivity index (χ4n) is 3.12. The van der Waals surface area contributed by atoms with Crippen molar-refractivity contribution in [1.29, 1.82) is 0 Å². The van der Waals surface area contributed by atoms with Crippen LogP contribution in [0.25, 0.3) is 0 Å². The van der Waals surface area contributed by atoms with Crippen LogP contribution in [0.2, 0.25) is 0 Å². The summed E-state index contributed by atoms with van der Waals surface area (Å²) in [5, 5.41) is 13.4. The van der Waals surface area contributed by atoms with Gasteiger partial charge in [-0.3, -0.25) is 0 Å². The van der Waals surface area contributed by atoms with Gasteiger partial charge >= 0.3 is 0 Å². The monoisotopic (exact) mass is 247 g/mol. The molecule has 0 aromatic heterocycles. The number of hydrogen-bond acceptors (Lipinski definition) is 3. The van der Waals surface area contributed by atoms with Gasteiger partial charge in [-0.05, 0) is 31.7 Å². The fraction of sp³-hybridized carbons (Fsp3) is 0.600. The summed E-state index contributed by atoms with van der Waals surface area (Å²) >= 11 is 0. The Hall–Kier alpha value is -1.06. The van der Waals surface area contributed by atoms with Crippen molar-refractivity contribution in [3.63, 3.8) is 0 Å². The largest absolute Gasteiger partial charge is 0.493 e. The van der Waals surface area contributed by atoms with Gasteiger partial charge in [-0.2, -0.15) is 0 Å². The molecule has 0 bridgehead atoms. The lowest BCUT2D eigenvalue weighted by Gasteiger charge is -2.33. The second-order valence-electron chi connectivity index (χ2n) is 5.41. The molecule has 3 rings (SSSR count). The van der Waals surface area contributed by atoms with Crippen LogP contribution in [0.1, 0.15) is 43.7 Å². The highest BCUT2D eigenvalue weighted by molar-refractivity contribution is 5.37. The molecular formula is C15H21NO2. The van der Waals surface area contributed by atoms with E-state index in [-0.39, 0.29) is 6.10 Å². The summed E-state index contributed by atoms with van der Waals surface area (Å²) in [7, 11) is 0. The molecule has 2 N–H and O–H groups in total. The van der Waals surface area contributed by atoms with Crippen molar-refractivity contribution in [1.82, 2.24) is 5.32 Å². The summed E-state index contributed by atoms with van der Waals surface area (Å²) in [6.07, 6.45) is 5.05. The molecule has 3 atom stereocenters. The van der Waals surface area contributed by atoms with Crippen molar-refractivity contribution in [2.75, 3.05) is 6.61 Å². The lowest BCUT2D eigenvalue weighted by Crippen LogP contribution is -2.39. The number of fused-ring (bicyclic) bond motifs is 1. The minimum Gasteiger partial charge on any atom is -0.493 e. The third kappa shape index (κ3) is 2.52. The Morgan fingerprint density at radius 1 is 1.17 bits per heavy atom. The molecule has 3 heteroatoms. The van der Waals surface area contributed by atoms with Gasteiger partial charge < -0.3 is 15.2 Å². The minimum atomic E-state index is -0.119. The van der Waals surface area contributed by atoms with E-state index in [4.69, 9.17) is 4.74 Å². The Morgan fingerprint density at radius 3 is 2.94 bits per heavy atom. The zero-order valence-electron chi connectivity index (χ0n) is 10.6. The summed E-state index contributed by atoms with van der Waals surface area (Å²) in [6.45, 7) is 0.782. The first-order valence-electron chi connectivity index (χ1n) is 6.99. The van der Waals surface area contributed by atoms with E-state index in [0.29, 0.717) is 12.1 Å². The topological polar surface area (TPSA) is 41.5 Å². The normalized spacial score (nSPS) is 31.5. The average Bonchev–Trinajstić information content (AvgIpc) is 2.39. The molecule has 1 fully saturated rings. The van der Waals surface area contributed by atoms with Gasteiger partial charge in [0.25, 0.3) is 0 Å². The molecule has 1 aliphatic heterocycles. The standard InChI is InChI=1S/C15H21NO2/c17-12-5-3-4-11(10-12)16-14-8-9-18-15-7-2-1-6-13(14)15/h1-2,6-7,11-12,14,16-17H,3-5,8-10H2. The first kappa shape index (κ1) is 12.0. The number of nitrogens with one attached hydrogen (secondary N) is 1. The Kier molecular flexibility index (Phi) is 3.52. The van der Waals surface area contributed by atoms with E-state index < -0.39 is 0 Å². The maximum Gasteiger partial charge on any atom is 0.124 e. The van der Waals surface area contributed by atoms with Crippen molar-refractivity contribution >= 4 is 0 Å². The molecule has 0 amide bonds. The van der Waals surface area contributed by atoms with E-state index in [0.717, 1.165) is 38.0 Å². The molecule has 1 heterocycles. The van der Waals surface area contributed by atoms with E-state index in [1.165, 1.54) is 12.0 Å². The SMILES string of the molecule is OC1CCCC(NC2CCOc3ccccc32)C1. The molecule has 2 aliphatic rings. The number of aliphatic hydroxyl groups excluding tert-OH is 1. The van der Waals surface area contributed by atoms with Crippen molar-refractivity contribution in [3.8, 4) is 5.75 Å². The molecule has 0 radical (unpaired) electrons. The van der Waals surface area contributed by atoms with Gasteiger partial charge in [-0.1, -0.05) is 18.2 Å². The maximum absolute atomic E-state index is 9.74. The minimum absolute atomic E-state index is 0.119. The number of hydrogen-bond donors (Lipinski definition) is 2. The van der Waals surface area contributed by atoms with Gasteiger partial charge in [-0.25, -0.2) is 0 Å². The third-order valence-electron chi connectivity index (χ3n) is 4.04. The maximum atomic E-state index is 9.74. The van der Waals surface area contributed by atoms with Crippen LogP contribution in [0.5, 0.6) is 5.75 Å². The van der Waals surface area contributed by atoms with Crippen LogP contribution in [0.15, 0.2) is 24.3 Å². The van der Waals surface area contributed by atoms with Gasteiger partial charge in [0.1, 0.15) is 5.75 Å². The fourth-order valence-corrected chi connectivity index (χ4v) is 3.12. The molecule has 1 aliphatic carbocycles. The number of rotatable bonds is 2. The molecule has 1 aromatic carbocycles. The third-order valence-corrected chi connectivity index (χ3v) is 4.04. The lowest BCUT2D eigenvalue weighted by molar-refractivity contribution is 0.105.